The number of hydrogen-bond acceptors (Lipinski definition) is 4. The maximum absolute atomic E-state index is 11.2. The van der Waals surface area contributed by atoms with Crippen LogP contribution >= 0.6 is 12.4 Å². The van der Waals surface area contributed by atoms with Gasteiger partial charge in [-0.1, -0.05) is 12.1 Å². The molecule has 1 aromatic carbocycles. The summed E-state index contributed by atoms with van der Waals surface area (Å²) in [6.45, 7) is 0.0314. The van der Waals surface area contributed by atoms with Gasteiger partial charge in [0, 0.05) is 12.6 Å². The maximum atomic E-state index is 11.2. The Labute approximate surface area is 101 Å². The number of aliphatic hydroxyl groups is 1. The summed E-state index contributed by atoms with van der Waals surface area (Å²) < 4.78 is 4.60. The number of hydrogen-bond donors (Lipinski definition) is 2. The van der Waals surface area contributed by atoms with Crippen LogP contribution in [0.5, 0.6) is 0 Å². The average Bonchev–Trinajstić information content (AvgIpc) is 2.28. The Hall–Kier alpha value is -1.10. The highest BCUT2D eigenvalue weighted by atomic mass is 35.5. The van der Waals surface area contributed by atoms with Gasteiger partial charge in [0.1, 0.15) is 0 Å². The zero-order valence-electron chi connectivity index (χ0n) is 9.05. The monoisotopic (exact) mass is 245 g/mol. The normalized spacial score (nSPS) is 11.4. The van der Waals surface area contributed by atoms with Gasteiger partial charge in [0.15, 0.2) is 0 Å². The fourth-order valence-electron chi connectivity index (χ4n) is 1.32. The Balaban J connectivity index is 0.00000225. The largest absolute Gasteiger partial charge is 0.465 e. The standard InChI is InChI=1S/C11H15NO3.ClH/c1-15-11(14)9-4-2-3-8(7-9)10(12)5-6-13;/h2-4,7,10,13H,5-6,12H2,1H3;1H/t10-;/m1./s1. The van der Waals surface area contributed by atoms with Crippen molar-refractivity contribution in [3.63, 3.8) is 0 Å². The molecule has 90 valence electrons. The number of carbonyl (C=O) groups is 1. The maximum Gasteiger partial charge on any atom is 0.337 e. The van der Waals surface area contributed by atoms with E-state index in [0.29, 0.717) is 12.0 Å². The first-order valence-corrected chi connectivity index (χ1v) is 4.73. The summed E-state index contributed by atoms with van der Waals surface area (Å²) in [7, 11) is 1.34. The molecular weight excluding hydrogens is 230 g/mol. The van der Waals surface area contributed by atoms with Crippen molar-refractivity contribution < 1.29 is 14.6 Å². The van der Waals surface area contributed by atoms with Crippen molar-refractivity contribution in [2.45, 2.75) is 12.5 Å². The molecule has 0 fully saturated rings. The number of rotatable bonds is 4. The molecule has 0 spiro atoms. The number of aliphatic hydroxyl groups excluding tert-OH is 1. The first-order valence-electron chi connectivity index (χ1n) is 4.73. The topological polar surface area (TPSA) is 72.5 Å². The molecule has 0 saturated heterocycles. The lowest BCUT2D eigenvalue weighted by Gasteiger charge is -2.11. The molecule has 1 atom stereocenters. The smallest absolute Gasteiger partial charge is 0.337 e. The number of carbonyl (C=O) groups excluding carboxylic acids is 1. The van der Waals surface area contributed by atoms with Gasteiger partial charge in [0.05, 0.1) is 12.7 Å². The van der Waals surface area contributed by atoms with Crippen LogP contribution in [0.3, 0.4) is 0 Å². The second kappa shape index (κ2) is 7.22. The first-order chi connectivity index (χ1) is 7.19. The third-order valence-corrected chi connectivity index (χ3v) is 2.18. The van der Waals surface area contributed by atoms with Gasteiger partial charge in [0.2, 0.25) is 0 Å². The van der Waals surface area contributed by atoms with Crippen LogP contribution in [0, 0.1) is 0 Å². The minimum absolute atomic E-state index is 0. The Morgan fingerprint density at radius 3 is 2.81 bits per heavy atom. The van der Waals surface area contributed by atoms with Crippen molar-refractivity contribution in [1.82, 2.24) is 0 Å². The summed E-state index contributed by atoms with van der Waals surface area (Å²) in [5, 5.41) is 8.75. The van der Waals surface area contributed by atoms with Crippen LogP contribution in [0.4, 0.5) is 0 Å². The summed E-state index contributed by atoms with van der Waals surface area (Å²) in [5.74, 6) is -0.381. The lowest BCUT2D eigenvalue weighted by Crippen LogP contribution is -2.13. The molecule has 3 N–H and O–H groups in total. The molecule has 0 aliphatic rings. The Kier molecular flexibility index (Phi) is 6.72. The van der Waals surface area contributed by atoms with Gasteiger partial charge in [0.25, 0.3) is 0 Å². The molecule has 4 nitrogen and oxygen atoms in total. The molecule has 0 radical (unpaired) electrons. The number of esters is 1. The van der Waals surface area contributed by atoms with E-state index in [9.17, 15) is 4.79 Å². The summed E-state index contributed by atoms with van der Waals surface area (Å²) in [6, 6.07) is 6.68. The predicted molar refractivity (Wildman–Crippen MR) is 63.7 cm³/mol. The van der Waals surface area contributed by atoms with Gasteiger partial charge >= 0.3 is 5.97 Å². The lowest BCUT2D eigenvalue weighted by molar-refractivity contribution is 0.0600. The Bertz CT molecular complexity index is 344. The molecule has 0 unspecified atom stereocenters. The van der Waals surface area contributed by atoms with E-state index < -0.39 is 0 Å². The molecule has 5 heteroatoms. The lowest BCUT2D eigenvalue weighted by atomic mass is 10.0. The van der Waals surface area contributed by atoms with Crippen LogP contribution in [0.2, 0.25) is 0 Å². The number of methoxy groups -OCH3 is 1. The van der Waals surface area contributed by atoms with Crippen LogP contribution in [-0.2, 0) is 4.74 Å². The van der Waals surface area contributed by atoms with Gasteiger partial charge in [-0.25, -0.2) is 4.79 Å². The number of benzene rings is 1. The molecule has 16 heavy (non-hydrogen) atoms. The third-order valence-electron chi connectivity index (χ3n) is 2.18. The minimum atomic E-state index is -0.381. The molecular formula is C11H16ClNO3. The fourth-order valence-corrected chi connectivity index (χ4v) is 1.32. The van der Waals surface area contributed by atoms with Crippen LogP contribution in [0.1, 0.15) is 28.4 Å². The summed E-state index contributed by atoms with van der Waals surface area (Å²) in [6.07, 6.45) is 0.477. The van der Waals surface area contributed by atoms with E-state index in [1.807, 2.05) is 6.07 Å². The summed E-state index contributed by atoms with van der Waals surface area (Å²) >= 11 is 0. The van der Waals surface area contributed by atoms with Crippen molar-refractivity contribution >= 4 is 18.4 Å². The van der Waals surface area contributed by atoms with Gasteiger partial charge in [-0.15, -0.1) is 12.4 Å². The molecule has 1 aromatic rings. The van der Waals surface area contributed by atoms with Gasteiger partial charge in [-0.2, -0.15) is 0 Å². The minimum Gasteiger partial charge on any atom is -0.465 e. The van der Waals surface area contributed by atoms with Gasteiger partial charge in [-0.05, 0) is 24.1 Å². The van der Waals surface area contributed by atoms with Gasteiger partial charge < -0.3 is 15.6 Å². The van der Waals surface area contributed by atoms with Crippen LogP contribution in [-0.4, -0.2) is 24.8 Å². The molecule has 1 rings (SSSR count). The highest BCUT2D eigenvalue weighted by Crippen LogP contribution is 2.15. The highest BCUT2D eigenvalue weighted by Gasteiger charge is 2.09. The van der Waals surface area contributed by atoms with Gasteiger partial charge in [-0.3, -0.25) is 0 Å². The van der Waals surface area contributed by atoms with E-state index in [1.54, 1.807) is 18.2 Å². The highest BCUT2D eigenvalue weighted by molar-refractivity contribution is 5.89. The van der Waals surface area contributed by atoms with Crippen LogP contribution in [0.25, 0.3) is 0 Å². The van der Waals surface area contributed by atoms with E-state index in [1.165, 1.54) is 7.11 Å². The number of nitrogens with two attached hydrogens (primary N) is 1. The van der Waals surface area contributed by atoms with Crippen molar-refractivity contribution in [3.8, 4) is 0 Å². The fraction of sp³-hybridized carbons (Fsp3) is 0.364. The number of halogens is 1. The molecule has 0 aromatic heterocycles. The van der Waals surface area contributed by atoms with E-state index in [-0.39, 0.29) is 31.0 Å². The van der Waals surface area contributed by atoms with Crippen LogP contribution in [0.15, 0.2) is 24.3 Å². The third kappa shape index (κ3) is 3.81. The molecule has 0 heterocycles. The summed E-state index contributed by atoms with van der Waals surface area (Å²) in [4.78, 5) is 11.2. The molecule has 0 aliphatic carbocycles. The Morgan fingerprint density at radius 1 is 1.56 bits per heavy atom. The zero-order chi connectivity index (χ0) is 11.3. The van der Waals surface area contributed by atoms with Crippen molar-refractivity contribution in [2.75, 3.05) is 13.7 Å². The molecule has 0 aliphatic heterocycles. The van der Waals surface area contributed by atoms with E-state index in [4.69, 9.17) is 10.8 Å². The van der Waals surface area contributed by atoms with E-state index in [2.05, 4.69) is 4.74 Å². The van der Waals surface area contributed by atoms with Crippen molar-refractivity contribution in [1.29, 1.82) is 0 Å². The molecule has 0 bridgehead atoms. The second-order valence-electron chi connectivity index (χ2n) is 3.24. The first kappa shape index (κ1) is 14.9. The SMILES string of the molecule is COC(=O)c1cccc([C@H](N)CCO)c1.Cl. The predicted octanol–water partition coefficient (Wildman–Crippen LogP) is 1.28. The van der Waals surface area contributed by atoms with Crippen LogP contribution < -0.4 is 5.73 Å². The Morgan fingerprint density at radius 2 is 2.25 bits per heavy atom. The molecule has 0 saturated carbocycles. The second-order valence-corrected chi connectivity index (χ2v) is 3.24. The molecule has 0 amide bonds. The van der Waals surface area contributed by atoms with Crippen molar-refractivity contribution in [2.24, 2.45) is 5.73 Å². The van der Waals surface area contributed by atoms with E-state index >= 15 is 0 Å². The number of ether oxygens (including phenoxy) is 1. The van der Waals surface area contributed by atoms with Crippen molar-refractivity contribution in [3.05, 3.63) is 35.4 Å². The quantitative estimate of drug-likeness (QED) is 0.784. The average molecular weight is 246 g/mol. The van der Waals surface area contributed by atoms with E-state index in [0.717, 1.165) is 5.56 Å². The summed E-state index contributed by atoms with van der Waals surface area (Å²) in [5.41, 5.74) is 7.11. The zero-order valence-corrected chi connectivity index (χ0v) is 9.87.